The molecule has 0 aliphatic rings. The Kier molecular flexibility index (Phi) is 11.7. The molecule has 10 heteroatoms. The van der Waals surface area contributed by atoms with Gasteiger partial charge in [-0.1, -0.05) is 80.3 Å². The lowest BCUT2D eigenvalue weighted by molar-refractivity contribution is 0.636. The molecule has 0 amide bonds. The van der Waals surface area contributed by atoms with Crippen LogP contribution in [-0.4, -0.2) is 31.4 Å². The third-order valence-corrected chi connectivity index (χ3v) is 8.48. The molecule has 4 nitrogen and oxygen atoms in total. The zero-order chi connectivity index (χ0) is 17.9. The lowest BCUT2D eigenvalue weighted by atomic mass is 10.2. The minimum Gasteiger partial charge on any atom is -0.257 e. The first kappa shape index (κ1) is 22.3. The van der Waals surface area contributed by atoms with E-state index in [-0.39, 0.29) is 0 Å². The zero-order valence-electron chi connectivity index (χ0n) is 14.3. The van der Waals surface area contributed by atoms with Crippen LogP contribution in [0.25, 0.3) is 0 Å². The second-order valence-corrected chi connectivity index (χ2v) is 11.3. The van der Waals surface area contributed by atoms with E-state index in [0.29, 0.717) is 5.25 Å². The summed E-state index contributed by atoms with van der Waals surface area (Å²) in [5, 5.41) is 14.4. The van der Waals surface area contributed by atoms with Crippen LogP contribution < -0.4 is 0 Å². The summed E-state index contributed by atoms with van der Waals surface area (Å²) in [6.45, 7) is 8.86. The number of aromatic amines is 2. The van der Waals surface area contributed by atoms with Crippen LogP contribution in [-0.2, 0) is 0 Å². The molecular weight excluding hydrogens is 417 g/mol. The van der Waals surface area contributed by atoms with Gasteiger partial charge in [-0.15, -0.1) is 0 Å². The maximum atomic E-state index is 4.95. The van der Waals surface area contributed by atoms with E-state index in [1.54, 1.807) is 34.4 Å². The van der Waals surface area contributed by atoms with Gasteiger partial charge in [-0.3, -0.25) is 10.2 Å². The van der Waals surface area contributed by atoms with Crippen LogP contribution in [0, 0.1) is 13.8 Å². The Bertz CT molecular complexity index is 669. The van der Waals surface area contributed by atoms with Gasteiger partial charge in [0.1, 0.15) is 0 Å². The molecule has 2 aromatic heterocycles. The highest BCUT2D eigenvalue weighted by Gasteiger charge is 2.07. The Morgan fingerprint density at radius 1 is 0.958 bits per heavy atom. The second-order valence-electron chi connectivity index (χ2n) is 5.14. The van der Waals surface area contributed by atoms with Crippen molar-refractivity contribution in [2.45, 2.75) is 60.9 Å². The summed E-state index contributed by atoms with van der Waals surface area (Å²) < 4.78 is 3.65. The van der Waals surface area contributed by atoms with Crippen molar-refractivity contribution in [2.24, 2.45) is 5.92 Å². The van der Waals surface area contributed by atoms with Crippen molar-refractivity contribution in [1.82, 2.24) is 20.4 Å². The first-order valence-corrected chi connectivity index (χ1v) is 12.2. The van der Waals surface area contributed by atoms with Crippen molar-refractivity contribution in [3.8, 4) is 0 Å². The van der Waals surface area contributed by atoms with Gasteiger partial charge < -0.3 is 0 Å². The molecule has 1 unspecified atom stereocenters. The quantitative estimate of drug-likeness (QED) is 0.347. The summed E-state index contributed by atoms with van der Waals surface area (Å²) in [6.07, 6.45) is 3.60. The van der Waals surface area contributed by atoms with Gasteiger partial charge in [0.05, 0.1) is 0 Å². The number of thioether (sulfide) groups is 2. The Morgan fingerprint density at radius 2 is 1.50 bits per heavy atom. The van der Waals surface area contributed by atoms with E-state index in [0.717, 1.165) is 28.3 Å². The van der Waals surface area contributed by atoms with Crippen molar-refractivity contribution < 1.29 is 0 Å². The van der Waals surface area contributed by atoms with Crippen molar-refractivity contribution in [2.75, 3.05) is 5.75 Å². The van der Waals surface area contributed by atoms with Gasteiger partial charge in [-0.2, -0.15) is 10.2 Å². The smallest absolute Gasteiger partial charge is 0.177 e. The van der Waals surface area contributed by atoms with Gasteiger partial charge in [0, 0.05) is 11.0 Å². The summed E-state index contributed by atoms with van der Waals surface area (Å²) >= 11 is 16.6. The average molecular weight is 441 g/mol. The highest BCUT2D eigenvalue weighted by molar-refractivity contribution is 8.01. The molecular formula is C14H24N4S6. The Labute approximate surface area is 170 Å². The van der Waals surface area contributed by atoms with Crippen molar-refractivity contribution in [3.63, 3.8) is 0 Å². The van der Waals surface area contributed by atoms with Gasteiger partial charge in [0.25, 0.3) is 0 Å². The number of hydrogen-bond acceptors (Lipinski definition) is 8. The van der Waals surface area contributed by atoms with Crippen LogP contribution >= 0.6 is 70.6 Å². The molecule has 0 bridgehead atoms. The molecule has 136 valence electrons. The molecule has 0 saturated carbocycles. The molecule has 0 saturated heterocycles. The van der Waals surface area contributed by atoms with Gasteiger partial charge in [0.2, 0.25) is 0 Å². The molecule has 1 atom stereocenters. The van der Waals surface area contributed by atoms with E-state index in [2.05, 4.69) is 48.1 Å². The summed E-state index contributed by atoms with van der Waals surface area (Å²) in [7, 11) is 0. The number of nitrogens with zero attached hydrogens (tertiary/aromatic N) is 2. The minimum absolute atomic E-state index is 0.680. The molecule has 0 aliphatic heterocycles. The highest BCUT2D eigenvalue weighted by Crippen LogP contribution is 2.28. The fraction of sp³-hybridized carbons (Fsp3) is 0.714. The van der Waals surface area contributed by atoms with Gasteiger partial charge in [0.15, 0.2) is 16.6 Å². The molecule has 0 aliphatic carbocycles. The molecule has 24 heavy (non-hydrogen) atoms. The van der Waals surface area contributed by atoms with Crippen molar-refractivity contribution >= 4 is 70.6 Å². The number of hydrogen-bond donors (Lipinski definition) is 2. The lowest BCUT2D eigenvalue weighted by Gasteiger charge is -2.07. The summed E-state index contributed by atoms with van der Waals surface area (Å²) in [5.74, 6) is 1.89. The van der Waals surface area contributed by atoms with Crippen molar-refractivity contribution in [3.05, 3.63) is 7.91 Å². The summed E-state index contributed by atoms with van der Waals surface area (Å²) in [6, 6.07) is 0. The first-order chi connectivity index (χ1) is 11.5. The lowest BCUT2D eigenvalue weighted by Crippen LogP contribution is -1.96. The SMILES string of the molecule is CCC(C)CSc1n[nH]c(=S)s1.CCC(CC)Sc1n[nH]c(=S)s1. The molecule has 0 spiro atoms. The fourth-order valence-corrected chi connectivity index (χ4v) is 6.07. The van der Waals surface area contributed by atoms with Crippen LogP contribution in [0.4, 0.5) is 0 Å². The van der Waals surface area contributed by atoms with Gasteiger partial charge in [-0.25, -0.2) is 0 Å². The predicted molar refractivity (Wildman–Crippen MR) is 115 cm³/mol. The van der Waals surface area contributed by atoms with Crippen LogP contribution in [0.2, 0.25) is 0 Å². The molecule has 0 fully saturated rings. The van der Waals surface area contributed by atoms with Crippen LogP contribution in [0.15, 0.2) is 8.68 Å². The number of H-pyrrole nitrogens is 2. The zero-order valence-corrected chi connectivity index (χ0v) is 19.2. The van der Waals surface area contributed by atoms with E-state index in [9.17, 15) is 0 Å². The number of aromatic nitrogens is 4. The van der Waals surface area contributed by atoms with E-state index >= 15 is 0 Å². The molecule has 2 rings (SSSR count). The molecule has 2 N–H and O–H groups in total. The summed E-state index contributed by atoms with van der Waals surface area (Å²) in [4.78, 5) is 0. The number of rotatable bonds is 8. The predicted octanol–water partition coefficient (Wildman–Crippen LogP) is 6.82. The van der Waals surface area contributed by atoms with Crippen LogP contribution in [0.5, 0.6) is 0 Å². The Balaban J connectivity index is 0.000000240. The van der Waals surface area contributed by atoms with E-state index in [4.69, 9.17) is 24.4 Å². The molecule has 2 heterocycles. The van der Waals surface area contributed by atoms with Gasteiger partial charge >= 0.3 is 0 Å². The van der Waals surface area contributed by atoms with Gasteiger partial charge in [-0.05, 0) is 43.2 Å². The van der Waals surface area contributed by atoms with E-state index in [1.807, 2.05) is 11.8 Å². The normalized spacial score (nSPS) is 12.0. The fourth-order valence-electron chi connectivity index (χ4n) is 1.47. The first-order valence-electron chi connectivity index (χ1n) is 7.88. The topological polar surface area (TPSA) is 57.4 Å². The minimum atomic E-state index is 0.680. The maximum absolute atomic E-state index is 4.95. The second kappa shape index (κ2) is 12.6. The maximum Gasteiger partial charge on any atom is 0.177 e. The largest absolute Gasteiger partial charge is 0.257 e. The molecule has 0 aromatic carbocycles. The summed E-state index contributed by atoms with van der Waals surface area (Å²) in [5.41, 5.74) is 0. The number of nitrogens with one attached hydrogen (secondary N) is 2. The van der Waals surface area contributed by atoms with E-state index in [1.165, 1.54) is 19.3 Å². The van der Waals surface area contributed by atoms with Crippen LogP contribution in [0.1, 0.15) is 47.0 Å². The standard InChI is InChI=1S/2C7H12N2S3/c1-3-5(2)4-11-7-9-8-6(10)12-7;1-3-5(4-2)11-7-9-8-6(10)12-7/h2*5H,3-4H2,1-2H3,(H,8,10). The third kappa shape index (κ3) is 9.10. The molecule has 2 aromatic rings. The highest BCUT2D eigenvalue weighted by atomic mass is 32.2. The Hall–Kier alpha value is 0.260. The van der Waals surface area contributed by atoms with Crippen molar-refractivity contribution in [1.29, 1.82) is 0 Å². The van der Waals surface area contributed by atoms with Crippen LogP contribution in [0.3, 0.4) is 0 Å². The molecule has 0 radical (unpaired) electrons. The average Bonchev–Trinajstić information content (AvgIpc) is 3.19. The monoisotopic (exact) mass is 440 g/mol. The third-order valence-electron chi connectivity index (χ3n) is 3.20. The Morgan fingerprint density at radius 3 is 1.92 bits per heavy atom. The van der Waals surface area contributed by atoms with E-state index < -0.39 is 0 Å².